The summed E-state index contributed by atoms with van der Waals surface area (Å²) in [7, 11) is 0. The van der Waals surface area contributed by atoms with Gasteiger partial charge in [-0.25, -0.2) is 0 Å². The van der Waals surface area contributed by atoms with Gasteiger partial charge in [-0.15, -0.1) is 0 Å². The van der Waals surface area contributed by atoms with E-state index in [0.29, 0.717) is 7.14 Å². The average molecular weight is 990 g/mol. The Morgan fingerprint density at radius 3 is 1.28 bits per heavy atom. The quantitative estimate of drug-likeness (QED) is 0.0769. The zero-order valence-corrected chi connectivity index (χ0v) is 32.3. The highest BCUT2D eigenvalue weighted by atomic mass is 127. The molecule has 1 rings (SSSR count). The van der Waals surface area contributed by atoms with Gasteiger partial charge in [0, 0.05) is 31.3 Å². The summed E-state index contributed by atoms with van der Waals surface area (Å²) < 4.78 is 21.0. The minimum Gasteiger partial charge on any atom is -0.480 e. The van der Waals surface area contributed by atoms with Gasteiger partial charge in [-0.3, -0.25) is 33.6 Å². The van der Waals surface area contributed by atoms with Gasteiger partial charge in [0.25, 0.3) is 11.8 Å². The number of hydrogen-bond donors (Lipinski definition) is 5. The number of nitrogens with two attached hydrogens (primary N) is 2. The zero-order valence-electron chi connectivity index (χ0n) is 25.9. The molecule has 0 aliphatic rings. The summed E-state index contributed by atoms with van der Waals surface area (Å²) in [5, 5.41) is 13.4. The van der Waals surface area contributed by atoms with Crippen molar-refractivity contribution in [2.24, 2.45) is 11.7 Å². The highest BCUT2D eigenvalue weighted by Gasteiger charge is 2.28. The standard InChI is InChI=1S/C22H26I3N3O10.C5H11NO2/c1-9(29)35-7-13(37-11(3)31)5-27-21(33)15-17(23)16(19(25)20(26)18(15)24)22(34)28-6-14(38-12(4)32)8-36-10(2)30;1-3(2)4(6)5(7)8/h13-14H,5-8,26H2,1-4H3,(H,27,33)(H,28,34);3-4H,6H2,1-2H3,(H,7,8)/t;4-/m.0/s1. The van der Waals surface area contributed by atoms with Crippen molar-refractivity contribution in [3.8, 4) is 0 Å². The molecule has 2 unspecified atom stereocenters. The lowest BCUT2D eigenvalue weighted by Gasteiger charge is -2.21. The van der Waals surface area contributed by atoms with Crippen LogP contribution >= 0.6 is 67.8 Å². The van der Waals surface area contributed by atoms with Crippen LogP contribution in [0.15, 0.2) is 0 Å². The molecule has 16 nitrogen and oxygen atoms in total. The summed E-state index contributed by atoms with van der Waals surface area (Å²) in [6, 6.07) is -0.713. The van der Waals surface area contributed by atoms with E-state index in [0.717, 1.165) is 0 Å². The lowest BCUT2D eigenvalue weighted by atomic mass is 10.1. The van der Waals surface area contributed by atoms with Crippen molar-refractivity contribution < 1.29 is 57.6 Å². The van der Waals surface area contributed by atoms with Crippen LogP contribution in [0.3, 0.4) is 0 Å². The third-order valence-corrected chi connectivity index (χ3v) is 8.72. The molecule has 1 aromatic carbocycles. The smallest absolute Gasteiger partial charge is 0.320 e. The van der Waals surface area contributed by atoms with Gasteiger partial charge in [-0.1, -0.05) is 13.8 Å². The normalized spacial score (nSPS) is 12.3. The molecule has 0 saturated carbocycles. The Morgan fingerprint density at radius 2 is 1.04 bits per heavy atom. The molecule has 7 N–H and O–H groups in total. The molecule has 258 valence electrons. The van der Waals surface area contributed by atoms with Crippen molar-refractivity contribution in [2.45, 2.75) is 59.8 Å². The number of nitrogen functional groups attached to an aromatic ring is 1. The van der Waals surface area contributed by atoms with Gasteiger partial charge in [0.1, 0.15) is 19.3 Å². The first-order valence-electron chi connectivity index (χ1n) is 13.3. The molecule has 0 aliphatic carbocycles. The van der Waals surface area contributed by atoms with Crippen molar-refractivity contribution in [3.05, 3.63) is 21.8 Å². The number of carbonyl (C=O) groups is 7. The van der Waals surface area contributed by atoms with Gasteiger partial charge in [-0.05, 0) is 73.7 Å². The highest BCUT2D eigenvalue weighted by molar-refractivity contribution is 14.1. The van der Waals surface area contributed by atoms with Crippen molar-refractivity contribution in [2.75, 3.05) is 32.0 Å². The van der Waals surface area contributed by atoms with E-state index in [4.69, 9.17) is 35.5 Å². The first-order valence-corrected chi connectivity index (χ1v) is 16.6. The van der Waals surface area contributed by atoms with E-state index in [1.165, 1.54) is 27.7 Å². The number of nitrogens with one attached hydrogen (secondary N) is 2. The molecule has 3 atom stereocenters. The number of halogens is 3. The summed E-state index contributed by atoms with van der Waals surface area (Å²) in [6.07, 6.45) is -1.87. The Balaban J connectivity index is 0.00000222. The van der Waals surface area contributed by atoms with Gasteiger partial charge in [0.2, 0.25) is 0 Å². The number of ether oxygens (including phenoxy) is 4. The topological polar surface area (TPSA) is 253 Å². The zero-order chi connectivity index (χ0) is 35.9. The maximum atomic E-state index is 13.1. The van der Waals surface area contributed by atoms with Crippen LogP contribution in [0, 0.1) is 16.6 Å². The second-order valence-corrected chi connectivity index (χ2v) is 12.9. The summed E-state index contributed by atoms with van der Waals surface area (Å²) in [5.74, 6) is -4.54. The molecule has 0 aliphatic heterocycles. The number of carboxylic acid groups (broad SMARTS) is 1. The van der Waals surface area contributed by atoms with Gasteiger partial charge in [0.05, 0.1) is 37.0 Å². The molecule has 0 radical (unpaired) electrons. The molecule has 19 heteroatoms. The molecule has 0 aromatic heterocycles. The van der Waals surface area contributed by atoms with E-state index < -0.39 is 59.9 Å². The molecule has 2 amide bonds. The third-order valence-electron chi connectivity index (χ3n) is 5.40. The molecule has 0 heterocycles. The molecule has 0 bridgehead atoms. The maximum Gasteiger partial charge on any atom is 0.320 e. The van der Waals surface area contributed by atoms with Gasteiger partial charge in [0.15, 0.2) is 12.2 Å². The fraction of sp³-hybridized carbons (Fsp3) is 0.519. The number of carboxylic acids is 1. The SMILES string of the molecule is CC(=O)OCC(CNC(=O)c1c(I)c(N)c(I)c(C(=O)NCC(COC(C)=O)OC(C)=O)c1I)OC(C)=O.CC(C)[C@H](N)C(=O)O. The maximum absolute atomic E-state index is 13.1. The van der Waals surface area contributed by atoms with Crippen molar-refractivity contribution >= 4 is 115 Å². The van der Waals surface area contributed by atoms with E-state index in [-0.39, 0.29) is 52.6 Å². The predicted molar refractivity (Wildman–Crippen MR) is 188 cm³/mol. The van der Waals surface area contributed by atoms with Crippen LogP contribution in [0.2, 0.25) is 0 Å². The third kappa shape index (κ3) is 15.8. The molecular formula is C27H37I3N4O12. The van der Waals surface area contributed by atoms with E-state index in [2.05, 4.69) is 10.6 Å². The number of anilines is 1. The van der Waals surface area contributed by atoms with E-state index in [1.54, 1.807) is 13.8 Å². The van der Waals surface area contributed by atoms with Crippen molar-refractivity contribution in [3.63, 3.8) is 0 Å². The summed E-state index contributed by atoms with van der Waals surface area (Å²) in [4.78, 5) is 81.2. The molecule has 1 aromatic rings. The number of carbonyl (C=O) groups excluding carboxylic acids is 6. The van der Waals surface area contributed by atoms with Crippen LogP contribution in [0.25, 0.3) is 0 Å². The number of esters is 4. The minimum atomic E-state index is -0.935. The van der Waals surface area contributed by atoms with Crippen LogP contribution in [-0.4, -0.2) is 91.3 Å². The Morgan fingerprint density at radius 1 is 0.696 bits per heavy atom. The molecular weight excluding hydrogens is 953 g/mol. The summed E-state index contributed by atoms with van der Waals surface area (Å²) in [5.41, 5.74) is 11.8. The first kappa shape index (κ1) is 43.5. The second kappa shape index (κ2) is 21.4. The van der Waals surface area contributed by atoms with Crippen LogP contribution in [0.5, 0.6) is 0 Å². The van der Waals surface area contributed by atoms with Crippen LogP contribution in [-0.2, 0) is 42.9 Å². The Kier molecular flexibility index (Phi) is 20.2. The largest absolute Gasteiger partial charge is 0.480 e. The number of hydrogen-bond acceptors (Lipinski definition) is 13. The lowest BCUT2D eigenvalue weighted by molar-refractivity contribution is -0.155. The van der Waals surface area contributed by atoms with E-state index in [1.807, 2.05) is 67.8 Å². The Bertz CT molecular complexity index is 1230. The fourth-order valence-corrected chi connectivity index (χ4v) is 7.26. The minimum absolute atomic E-state index is 0.0208. The predicted octanol–water partition coefficient (Wildman–Crippen LogP) is 1.59. The summed E-state index contributed by atoms with van der Waals surface area (Å²) >= 11 is 5.62. The van der Waals surface area contributed by atoms with Crippen molar-refractivity contribution in [1.82, 2.24) is 10.6 Å². The van der Waals surface area contributed by atoms with Crippen molar-refractivity contribution in [1.29, 1.82) is 0 Å². The van der Waals surface area contributed by atoms with Crippen LogP contribution in [0.4, 0.5) is 5.69 Å². The van der Waals surface area contributed by atoms with Gasteiger partial charge in [-0.2, -0.15) is 0 Å². The van der Waals surface area contributed by atoms with Crippen LogP contribution < -0.4 is 22.1 Å². The number of benzene rings is 1. The number of rotatable bonds is 14. The average Bonchev–Trinajstić information content (AvgIpc) is 2.94. The Labute approximate surface area is 306 Å². The monoisotopic (exact) mass is 990 g/mol. The van der Waals surface area contributed by atoms with E-state index in [9.17, 15) is 33.6 Å². The van der Waals surface area contributed by atoms with Gasteiger partial charge < -0.3 is 46.2 Å². The second-order valence-electron chi connectivity index (χ2n) is 9.70. The molecule has 0 spiro atoms. The Hall–Kier alpha value is -2.54. The van der Waals surface area contributed by atoms with Crippen LogP contribution in [0.1, 0.15) is 62.3 Å². The number of aliphatic carboxylic acids is 1. The lowest BCUT2D eigenvalue weighted by Crippen LogP contribution is -2.39. The van der Waals surface area contributed by atoms with Gasteiger partial charge >= 0.3 is 29.8 Å². The first-order chi connectivity index (χ1) is 21.2. The van der Waals surface area contributed by atoms with E-state index >= 15 is 0 Å². The fourth-order valence-electron chi connectivity index (χ4n) is 3.12. The molecule has 46 heavy (non-hydrogen) atoms. The highest BCUT2D eigenvalue weighted by Crippen LogP contribution is 2.33. The number of amides is 2. The summed E-state index contributed by atoms with van der Waals surface area (Å²) in [6.45, 7) is 7.43. The molecule has 0 saturated heterocycles. The molecule has 0 fully saturated rings.